The van der Waals surface area contributed by atoms with Gasteiger partial charge in [0.2, 0.25) is 0 Å². The van der Waals surface area contributed by atoms with Crippen molar-refractivity contribution in [2.75, 3.05) is 38.1 Å². The smallest absolute Gasteiger partial charge is 0.0642 e. The number of nitrogens with zero attached hydrogens (tertiary/aromatic N) is 2. The van der Waals surface area contributed by atoms with Gasteiger partial charge in [-0.15, -0.1) is 11.6 Å². The summed E-state index contributed by atoms with van der Waals surface area (Å²) in [6, 6.07) is 6.12. The van der Waals surface area contributed by atoms with E-state index in [0.717, 1.165) is 42.5 Å². The Labute approximate surface area is 113 Å². The first-order chi connectivity index (χ1) is 8.20. The van der Waals surface area contributed by atoms with Crippen LogP contribution in [0.3, 0.4) is 0 Å². The molecule has 0 amide bonds. The van der Waals surface area contributed by atoms with Crippen molar-refractivity contribution in [2.24, 2.45) is 0 Å². The maximum Gasteiger partial charge on any atom is 0.0642 e. The quantitative estimate of drug-likeness (QED) is 0.763. The van der Waals surface area contributed by atoms with Crippen LogP contribution in [-0.2, 0) is 5.88 Å². The minimum atomic E-state index is 0.517. The maximum atomic E-state index is 6.32. The zero-order valence-electron chi connectivity index (χ0n) is 10.1. The van der Waals surface area contributed by atoms with E-state index < -0.39 is 0 Å². The fourth-order valence-corrected chi connectivity index (χ4v) is 2.67. The summed E-state index contributed by atoms with van der Waals surface area (Å²) in [6.07, 6.45) is 1.18. The highest BCUT2D eigenvalue weighted by molar-refractivity contribution is 6.33. The predicted octanol–water partition coefficient (Wildman–Crippen LogP) is 3.22. The van der Waals surface area contributed by atoms with Crippen LogP contribution < -0.4 is 4.90 Å². The molecule has 0 N–H and O–H groups in total. The molecule has 1 aliphatic rings. The van der Waals surface area contributed by atoms with Gasteiger partial charge in [-0.3, -0.25) is 0 Å². The molecule has 1 heterocycles. The number of alkyl halides is 1. The molecule has 0 aromatic heterocycles. The highest BCUT2D eigenvalue weighted by Gasteiger charge is 2.14. The van der Waals surface area contributed by atoms with Crippen LogP contribution in [0.1, 0.15) is 12.0 Å². The molecule has 1 aliphatic heterocycles. The number of likely N-dealkylation sites (N-methyl/N-ethyl adjacent to an activating group) is 1. The number of rotatable bonds is 2. The Hall–Kier alpha value is -0.440. The zero-order chi connectivity index (χ0) is 12.3. The van der Waals surface area contributed by atoms with E-state index in [2.05, 4.69) is 29.0 Å². The van der Waals surface area contributed by atoms with Crippen LogP contribution >= 0.6 is 23.2 Å². The molecular formula is C13H18Cl2N2. The van der Waals surface area contributed by atoms with Crippen molar-refractivity contribution in [3.8, 4) is 0 Å². The lowest BCUT2D eigenvalue weighted by Crippen LogP contribution is -2.28. The van der Waals surface area contributed by atoms with Gasteiger partial charge < -0.3 is 9.80 Å². The third kappa shape index (κ3) is 3.27. The Balaban J connectivity index is 2.15. The number of hydrogen-bond donors (Lipinski definition) is 0. The minimum Gasteiger partial charge on any atom is -0.369 e. The van der Waals surface area contributed by atoms with Crippen molar-refractivity contribution in [3.63, 3.8) is 0 Å². The molecule has 1 saturated heterocycles. The first kappa shape index (κ1) is 13.0. The van der Waals surface area contributed by atoms with Gasteiger partial charge in [0.25, 0.3) is 0 Å². The standard InChI is InChI=1S/C13H18Cl2N2/c1-16-5-2-6-17(8-7-16)13-4-3-11(10-14)9-12(13)15/h3-4,9H,2,5-8,10H2,1H3. The fraction of sp³-hybridized carbons (Fsp3) is 0.538. The molecule has 0 atom stereocenters. The summed E-state index contributed by atoms with van der Waals surface area (Å²) < 4.78 is 0. The molecule has 2 rings (SSSR count). The number of benzene rings is 1. The van der Waals surface area contributed by atoms with E-state index in [1.807, 2.05) is 6.07 Å². The average molecular weight is 273 g/mol. The second-order valence-corrected chi connectivity index (χ2v) is 5.24. The third-order valence-electron chi connectivity index (χ3n) is 3.23. The highest BCUT2D eigenvalue weighted by Crippen LogP contribution is 2.28. The van der Waals surface area contributed by atoms with Crippen LogP contribution in [0.25, 0.3) is 0 Å². The van der Waals surface area contributed by atoms with Crippen LogP contribution in [-0.4, -0.2) is 38.1 Å². The Bertz CT molecular complexity index is 382. The fourth-order valence-electron chi connectivity index (χ4n) is 2.18. The third-order valence-corrected chi connectivity index (χ3v) is 3.84. The Morgan fingerprint density at radius 2 is 2.00 bits per heavy atom. The average Bonchev–Trinajstić information content (AvgIpc) is 2.54. The summed E-state index contributed by atoms with van der Waals surface area (Å²) in [5.74, 6) is 0.517. The van der Waals surface area contributed by atoms with E-state index in [9.17, 15) is 0 Å². The largest absolute Gasteiger partial charge is 0.369 e. The molecule has 94 valence electrons. The van der Waals surface area contributed by atoms with Crippen molar-refractivity contribution in [1.29, 1.82) is 0 Å². The molecule has 1 aromatic rings. The highest BCUT2D eigenvalue weighted by atomic mass is 35.5. The minimum absolute atomic E-state index is 0.517. The van der Waals surface area contributed by atoms with Gasteiger partial charge >= 0.3 is 0 Å². The second kappa shape index (κ2) is 5.94. The molecule has 1 fully saturated rings. The summed E-state index contributed by atoms with van der Waals surface area (Å²) in [5, 5.41) is 0.813. The van der Waals surface area contributed by atoms with Crippen molar-refractivity contribution < 1.29 is 0 Å². The molecule has 0 aliphatic carbocycles. The molecule has 0 saturated carbocycles. The van der Waals surface area contributed by atoms with Gasteiger partial charge in [-0.2, -0.15) is 0 Å². The number of hydrogen-bond acceptors (Lipinski definition) is 2. The monoisotopic (exact) mass is 272 g/mol. The molecule has 0 radical (unpaired) electrons. The van der Waals surface area contributed by atoms with Gasteiger partial charge in [0, 0.05) is 25.5 Å². The molecule has 2 nitrogen and oxygen atoms in total. The van der Waals surface area contributed by atoms with E-state index in [1.165, 1.54) is 6.42 Å². The van der Waals surface area contributed by atoms with Crippen molar-refractivity contribution >= 4 is 28.9 Å². The zero-order valence-corrected chi connectivity index (χ0v) is 11.6. The van der Waals surface area contributed by atoms with Gasteiger partial charge in [0.05, 0.1) is 10.7 Å². The predicted molar refractivity (Wildman–Crippen MR) is 75.3 cm³/mol. The van der Waals surface area contributed by atoms with E-state index in [1.54, 1.807) is 0 Å². The lowest BCUT2D eigenvalue weighted by atomic mass is 10.2. The van der Waals surface area contributed by atoms with E-state index in [-0.39, 0.29) is 0 Å². The van der Waals surface area contributed by atoms with E-state index in [4.69, 9.17) is 23.2 Å². The normalized spacial score (nSPS) is 18.2. The molecule has 1 aromatic carbocycles. The first-order valence-electron chi connectivity index (χ1n) is 5.98. The van der Waals surface area contributed by atoms with Gasteiger partial charge in [-0.05, 0) is 37.7 Å². The van der Waals surface area contributed by atoms with Crippen molar-refractivity contribution in [3.05, 3.63) is 28.8 Å². The summed E-state index contributed by atoms with van der Waals surface area (Å²) in [5.41, 5.74) is 2.21. The first-order valence-corrected chi connectivity index (χ1v) is 6.90. The van der Waals surface area contributed by atoms with Crippen LogP contribution in [0.5, 0.6) is 0 Å². The van der Waals surface area contributed by atoms with Gasteiger partial charge in [-0.1, -0.05) is 17.7 Å². The lowest BCUT2D eigenvalue weighted by molar-refractivity contribution is 0.360. The summed E-state index contributed by atoms with van der Waals surface area (Å²) in [6.45, 7) is 4.36. The van der Waals surface area contributed by atoms with Crippen LogP contribution in [0.2, 0.25) is 5.02 Å². The maximum absolute atomic E-state index is 6.32. The Morgan fingerprint density at radius 1 is 1.18 bits per heavy atom. The second-order valence-electron chi connectivity index (χ2n) is 4.56. The molecule has 17 heavy (non-hydrogen) atoms. The molecule has 4 heteroatoms. The SMILES string of the molecule is CN1CCCN(c2ccc(CCl)cc2Cl)CC1. The van der Waals surface area contributed by atoms with E-state index in [0.29, 0.717) is 5.88 Å². The van der Waals surface area contributed by atoms with Crippen LogP contribution in [0.4, 0.5) is 5.69 Å². The van der Waals surface area contributed by atoms with Crippen molar-refractivity contribution in [1.82, 2.24) is 4.90 Å². The number of anilines is 1. The summed E-state index contributed by atoms with van der Waals surface area (Å²) in [7, 11) is 2.17. The lowest BCUT2D eigenvalue weighted by Gasteiger charge is -2.24. The Kier molecular flexibility index (Phi) is 4.55. The van der Waals surface area contributed by atoms with Gasteiger partial charge in [-0.25, -0.2) is 0 Å². The van der Waals surface area contributed by atoms with Crippen molar-refractivity contribution in [2.45, 2.75) is 12.3 Å². The van der Waals surface area contributed by atoms with Gasteiger partial charge in [0.1, 0.15) is 0 Å². The van der Waals surface area contributed by atoms with Gasteiger partial charge in [0.15, 0.2) is 0 Å². The topological polar surface area (TPSA) is 6.48 Å². The summed E-state index contributed by atoms with van der Waals surface area (Å²) >= 11 is 12.1. The summed E-state index contributed by atoms with van der Waals surface area (Å²) in [4.78, 5) is 4.73. The number of halogens is 2. The van der Waals surface area contributed by atoms with Crippen LogP contribution in [0.15, 0.2) is 18.2 Å². The Morgan fingerprint density at radius 3 is 2.71 bits per heavy atom. The van der Waals surface area contributed by atoms with Crippen LogP contribution in [0, 0.1) is 0 Å². The van der Waals surface area contributed by atoms with E-state index >= 15 is 0 Å². The molecule has 0 spiro atoms. The molecular weight excluding hydrogens is 255 g/mol. The molecule has 0 unspecified atom stereocenters. The molecule has 0 bridgehead atoms.